The SMILES string of the molecule is CCC1CCCCN1S(=O)(=O)c1ccc(C(=O)NCCC(C)C)cc1. The average Bonchev–Trinajstić information content (AvgIpc) is 2.61. The molecule has 25 heavy (non-hydrogen) atoms. The quantitative estimate of drug-likeness (QED) is 0.804. The number of carbonyl (C=O) groups excluding carboxylic acids is 1. The molecule has 1 amide bonds. The number of benzene rings is 1. The molecular formula is C19H30N2O3S. The van der Waals surface area contributed by atoms with E-state index in [0.29, 0.717) is 24.6 Å². The summed E-state index contributed by atoms with van der Waals surface area (Å²) in [5, 5.41) is 2.87. The summed E-state index contributed by atoms with van der Waals surface area (Å²) in [7, 11) is -3.49. The summed E-state index contributed by atoms with van der Waals surface area (Å²) in [5.74, 6) is 0.373. The fourth-order valence-electron chi connectivity index (χ4n) is 3.19. The highest BCUT2D eigenvalue weighted by atomic mass is 32.2. The zero-order valence-electron chi connectivity index (χ0n) is 15.5. The number of nitrogens with one attached hydrogen (secondary N) is 1. The highest BCUT2D eigenvalue weighted by Gasteiger charge is 2.32. The van der Waals surface area contributed by atoms with Gasteiger partial charge in [0.05, 0.1) is 4.90 Å². The summed E-state index contributed by atoms with van der Waals surface area (Å²) in [6.45, 7) is 7.45. The van der Waals surface area contributed by atoms with Crippen LogP contribution in [0.4, 0.5) is 0 Å². The van der Waals surface area contributed by atoms with Gasteiger partial charge >= 0.3 is 0 Å². The van der Waals surface area contributed by atoms with Crippen LogP contribution < -0.4 is 5.32 Å². The summed E-state index contributed by atoms with van der Waals surface area (Å²) in [5.41, 5.74) is 0.494. The molecule has 0 bridgehead atoms. The lowest BCUT2D eigenvalue weighted by atomic mass is 10.0. The number of sulfonamides is 1. The van der Waals surface area contributed by atoms with E-state index in [1.165, 1.54) is 0 Å². The van der Waals surface area contributed by atoms with Crippen LogP contribution in [0.1, 0.15) is 63.2 Å². The topological polar surface area (TPSA) is 66.5 Å². The van der Waals surface area contributed by atoms with Crippen LogP contribution >= 0.6 is 0 Å². The van der Waals surface area contributed by atoms with Gasteiger partial charge in [-0.2, -0.15) is 4.31 Å². The predicted molar refractivity (Wildman–Crippen MR) is 100 cm³/mol. The van der Waals surface area contributed by atoms with E-state index >= 15 is 0 Å². The minimum atomic E-state index is -3.49. The summed E-state index contributed by atoms with van der Waals surface area (Å²) >= 11 is 0. The molecule has 140 valence electrons. The highest BCUT2D eigenvalue weighted by Crippen LogP contribution is 2.27. The molecule has 6 heteroatoms. The molecule has 0 aliphatic carbocycles. The Bertz CT molecular complexity index is 668. The van der Waals surface area contributed by atoms with Crippen LogP contribution in [0.25, 0.3) is 0 Å². The molecule has 1 atom stereocenters. The monoisotopic (exact) mass is 366 g/mol. The Morgan fingerprint density at radius 3 is 2.52 bits per heavy atom. The average molecular weight is 367 g/mol. The van der Waals surface area contributed by atoms with Crippen molar-refractivity contribution in [1.29, 1.82) is 0 Å². The van der Waals surface area contributed by atoms with E-state index in [1.54, 1.807) is 28.6 Å². The Hall–Kier alpha value is -1.40. The second-order valence-electron chi connectivity index (χ2n) is 7.14. The molecule has 1 heterocycles. The van der Waals surface area contributed by atoms with Crippen LogP contribution in [0.3, 0.4) is 0 Å². The highest BCUT2D eigenvalue weighted by molar-refractivity contribution is 7.89. The molecule has 1 aromatic carbocycles. The Labute approximate surface area is 151 Å². The molecule has 1 saturated heterocycles. The molecule has 0 spiro atoms. The molecule has 1 unspecified atom stereocenters. The van der Waals surface area contributed by atoms with Gasteiger partial charge in [0.2, 0.25) is 10.0 Å². The van der Waals surface area contributed by atoms with Crippen LogP contribution in [0.15, 0.2) is 29.2 Å². The summed E-state index contributed by atoms with van der Waals surface area (Å²) in [6.07, 6.45) is 4.67. The van der Waals surface area contributed by atoms with Gasteiger partial charge in [-0.05, 0) is 55.9 Å². The van der Waals surface area contributed by atoms with E-state index in [-0.39, 0.29) is 16.8 Å². The Morgan fingerprint density at radius 2 is 1.92 bits per heavy atom. The van der Waals surface area contributed by atoms with Crippen molar-refractivity contribution in [2.75, 3.05) is 13.1 Å². The van der Waals surface area contributed by atoms with E-state index in [0.717, 1.165) is 32.1 Å². The molecule has 5 nitrogen and oxygen atoms in total. The Kier molecular flexibility index (Phi) is 7.02. The first-order valence-electron chi connectivity index (χ1n) is 9.26. The Morgan fingerprint density at radius 1 is 1.24 bits per heavy atom. The molecule has 1 aliphatic heterocycles. The third kappa shape index (κ3) is 5.05. The van der Waals surface area contributed by atoms with E-state index in [4.69, 9.17) is 0 Å². The van der Waals surface area contributed by atoms with Gasteiger partial charge in [0.15, 0.2) is 0 Å². The Balaban J connectivity index is 2.09. The second kappa shape index (κ2) is 8.81. The molecule has 0 radical (unpaired) electrons. The van der Waals surface area contributed by atoms with E-state index in [2.05, 4.69) is 19.2 Å². The second-order valence-corrected chi connectivity index (χ2v) is 9.03. The van der Waals surface area contributed by atoms with Crippen molar-refractivity contribution in [3.8, 4) is 0 Å². The maximum absolute atomic E-state index is 12.9. The summed E-state index contributed by atoms with van der Waals surface area (Å²) < 4.78 is 27.5. The van der Waals surface area contributed by atoms with E-state index in [9.17, 15) is 13.2 Å². The van der Waals surface area contributed by atoms with Gasteiger partial charge < -0.3 is 5.32 Å². The van der Waals surface area contributed by atoms with Gasteiger partial charge in [-0.3, -0.25) is 4.79 Å². The molecule has 0 aromatic heterocycles. The molecule has 0 saturated carbocycles. The van der Waals surface area contributed by atoms with Crippen LogP contribution in [0, 0.1) is 5.92 Å². The number of hydrogen-bond donors (Lipinski definition) is 1. The lowest BCUT2D eigenvalue weighted by Gasteiger charge is -2.34. The number of nitrogens with zero attached hydrogens (tertiary/aromatic N) is 1. The molecule has 2 rings (SSSR count). The fourth-order valence-corrected chi connectivity index (χ4v) is 4.96. The van der Waals surface area contributed by atoms with Crippen LogP contribution in [-0.4, -0.2) is 37.8 Å². The first-order valence-corrected chi connectivity index (χ1v) is 10.7. The third-order valence-electron chi connectivity index (χ3n) is 4.77. The van der Waals surface area contributed by atoms with Gasteiger partial charge in [-0.25, -0.2) is 8.42 Å². The van der Waals surface area contributed by atoms with Gasteiger partial charge in [-0.15, -0.1) is 0 Å². The standard InChI is InChI=1S/C19H30N2O3S/c1-4-17-7-5-6-14-21(17)25(23,24)18-10-8-16(9-11-18)19(22)20-13-12-15(2)3/h8-11,15,17H,4-7,12-14H2,1-3H3,(H,20,22). The third-order valence-corrected chi connectivity index (χ3v) is 6.74. The van der Waals surface area contributed by atoms with Gasteiger partial charge in [0.1, 0.15) is 0 Å². The smallest absolute Gasteiger partial charge is 0.251 e. The van der Waals surface area contributed by atoms with Gasteiger partial charge in [0.25, 0.3) is 5.91 Å². The number of hydrogen-bond acceptors (Lipinski definition) is 3. The first kappa shape index (κ1) is 19.9. The molecule has 1 N–H and O–H groups in total. The zero-order valence-corrected chi connectivity index (χ0v) is 16.3. The normalized spacial score (nSPS) is 19.1. The summed E-state index contributed by atoms with van der Waals surface area (Å²) in [4.78, 5) is 12.4. The fraction of sp³-hybridized carbons (Fsp3) is 0.632. The number of carbonyl (C=O) groups is 1. The van der Waals surface area contributed by atoms with E-state index in [1.807, 2.05) is 6.92 Å². The minimum Gasteiger partial charge on any atom is -0.352 e. The summed E-state index contributed by atoms with van der Waals surface area (Å²) in [6, 6.07) is 6.38. The number of amides is 1. The molecule has 1 fully saturated rings. The van der Waals surface area contributed by atoms with Crippen molar-refractivity contribution in [3.63, 3.8) is 0 Å². The molecule has 1 aromatic rings. The van der Waals surface area contributed by atoms with Crippen molar-refractivity contribution in [2.45, 2.75) is 63.8 Å². The van der Waals surface area contributed by atoms with Crippen molar-refractivity contribution in [1.82, 2.24) is 9.62 Å². The molecular weight excluding hydrogens is 336 g/mol. The van der Waals surface area contributed by atoms with Crippen LogP contribution in [-0.2, 0) is 10.0 Å². The lowest BCUT2D eigenvalue weighted by Crippen LogP contribution is -2.43. The van der Waals surface area contributed by atoms with Crippen molar-refractivity contribution in [2.24, 2.45) is 5.92 Å². The predicted octanol–water partition coefficient (Wildman–Crippen LogP) is 3.42. The molecule has 1 aliphatic rings. The van der Waals surface area contributed by atoms with Crippen molar-refractivity contribution >= 4 is 15.9 Å². The van der Waals surface area contributed by atoms with Gasteiger partial charge in [-0.1, -0.05) is 27.2 Å². The van der Waals surface area contributed by atoms with Crippen molar-refractivity contribution < 1.29 is 13.2 Å². The zero-order chi connectivity index (χ0) is 18.4. The maximum Gasteiger partial charge on any atom is 0.251 e. The minimum absolute atomic E-state index is 0.0813. The number of rotatable bonds is 7. The largest absolute Gasteiger partial charge is 0.352 e. The first-order chi connectivity index (χ1) is 11.9. The number of piperidine rings is 1. The lowest BCUT2D eigenvalue weighted by molar-refractivity contribution is 0.0952. The van der Waals surface area contributed by atoms with Crippen molar-refractivity contribution in [3.05, 3.63) is 29.8 Å². The van der Waals surface area contributed by atoms with Crippen LogP contribution in [0.2, 0.25) is 0 Å². The maximum atomic E-state index is 12.9. The van der Waals surface area contributed by atoms with Crippen LogP contribution in [0.5, 0.6) is 0 Å². The van der Waals surface area contributed by atoms with Gasteiger partial charge in [0, 0.05) is 24.7 Å². The van der Waals surface area contributed by atoms with E-state index < -0.39 is 10.0 Å².